The van der Waals surface area contributed by atoms with Crippen LogP contribution in [-0.2, 0) is 16.6 Å². The Labute approximate surface area is 176 Å². The zero-order chi connectivity index (χ0) is 20.3. The van der Waals surface area contributed by atoms with Crippen LogP contribution in [0.2, 0.25) is 15.2 Å². The van der Waals surface area contributed by atoms with E-state index in [4.69, 9.17) is 39.5 Å². The smallest absolute Gasteiger partial charge is 0.264 e. The van der Waals surface area contributed by atoms with Crippen molar-refractivity contribution in [2.75, 3.05) is 4.72 Å². The largest absolute Gasteiger partial charge is 0.470 e. The number of aryl methyl sites for hydroxylation is 1. The lowest BCUT2D eigenvalue weighted by atomic mass is 10.2. The molecule has 28 heavy (non-hydrogen) atoms. The summed E-state index contributed by atoms with van der Waals surface area (Å²) in [5, 5.41) is 0.0453. The number of nitrogens with zero attached hydrogens (tertiary/aromatic N) is 3. The van der Waals surface area contributed by atoms with Gasteiger partial charge >= 0.3 is 0 Å². The van der Waals surface area contributed by atoms with Crippen LogP contribution in [0.3, 0.4) is 0 Å². The highest BCUT2D eigenvalue weighted by molar-refractivity contribution is 7.92. The first-order valence-electron chi connectivity index (χ1n) is 7.80. The van der Waals surface area contributed by atoms with Crippen molar-refractivity contribution in [3.8, 4) is 5.88 Å². The van der Waals surface area contributed by atoms with E-state index >= 15 is 0 Å². The number of halogens is 3. The van der Waals surface area contributed by atoms with E-state index in [1.807, 2.05) is 13.0 Å². The van der Waals surface area contributed by atoms with Crippen molar-refractivity contribution in [2.24, 2.45) is 0 Å². The molecule has 146 valence electrons. The van der Waals surface area contributed by atoms with Gasteiger partial charge in [0.05, 0.1) is 16.2 Å². The molecule has 0 saturated heterocycles. The van der Waals surface area contributed by atoms with Crippen LogP contribution in [0.1, 0.15) is 11.3 Å². The van der Waals surface area contributed by atoms with Gasteiger partial charge in [-0.2, -0.15) is 4.98 Å². The second-order valence-corrected chi connectivity index (χ2v) is 8.36. The number of aromatic nitrogens is 3. The average molecular weight is 460 g/mol. The number of ether oxygens (including phenoxy) is 1. The number of benzene rings is 1. The number of nitrogens with one attached hydrogen (secondary N) is 1. The second-order valence-electron chi connectivity index (χ2n) is 5.54. The third kappa shape index (κ3) is 4.64. The molecule has 0 atom stereocenters. The van der Waals surface area contributed by atoms with Crippen molar-refractivity contribution < 1.29 is 13.2 Å². The Hall–Kier alpha value is -2.13. The zero-order valence-corrected chi connectivity index (χ0v) is 17.4. The van der Waals surface area contributed by atoms with Gasteiger partial charge in [0.2, 0.25) is 5.82 Å². The number of anilines is 1. The fourth-order valence-electron chi connectivity index (χ4n) is 2.21. The quantitative estimate of drug-likeness (QED) is 0.582. The minimum Gasteiger partial charge on any atom is -0.470 e. The van der Waals surface area contributed by atoms with Gasteiger partial charge in [0.15, 0.2) is 5.15 Å². The van der Waals surface area contributed by atoms with Gasteiger partial charge in [-0.05, 0) is 25.1 Å². The van der Waals surface area contributed by atoms with Crippen molar-refractivity contribution >= 4 is 50.6 Å². The standard InChI is InChI=1S/C17H13Cl3N4O3S/c1-10-11(4-3-7-21-10)9-27-17-16(22-8-14(19)23-17)24-28(25,26)13-6-2-5-12(18)15(13)20/h2-8H,9H2,1H3,(H,22,24). The van der Waals surface area contributed by atoms with Gasteiger partial charge in [0.1, 0.15) is 11.5 Å². The average Bonchev–Trinajstić information content (AvgIpc) is 2.65. The lowest BCUT2D eigenvalue weighted by molar-refractivity contribution is 0.293. The third-order valence-electron chi connectivity index (χ3n) is 3.63. The van der Waals surface area contributed by atoms with Crippen molar-refractivity contribution in [2.45, 2.75) is 18.4 Å². The summed E-state index contributed by atoms with van der Waals surface area (Å²) < 4.78 is 33.4. The normalized spacial score (nSPS) is 11.3. The summed E-state index contributed by atoms with van der Waals surface area (Å²) in [5.74, 6) is -0.223. The summed E-state index contributed by atoms with van der Waals surface area (Å²) in [6, 6.07) is 7.87. The Balaban J connectivity index is 1.90. The van der Waals surface area contributed by atoms with Crippen LogP contribution in [0.5, 0.6) is 5.88 Å². The van der Waals surface area contributed by atoms with Crippen LogP contribution in [0.25, 0.3) is 0 Å². The maximum Gasteiger partial charge on any atom is 0.264 e. The lowest BCUT2D eigenvalue weighted by Gasteiger charge is -2.13. The molecule has 0 amide bonds. The first-order valence-corrected chi connectivity index (χ1v) is 10.4. The molecule has 3 aromatic rings. The highest BCUT2D eigenvalue weighted by atomic mass is 35.5. The van der Waals surface area contributed by atoms with E-state index in [9.17, 15) is 8.42 Å². The molecular formula is C17H13Cl3N4O3S. The van der Waals surface area contributed by atoms with Gasteiger partial charge in [-0.1, -0.05) is 46.9 Å². The molecule has 2 heterocycles. The van der Waals surface area contributed by atoms with E-state index in [2.05, 4.69) is 19.7 Å². The van der Waals surface area contributed by atoms with Crippen molar-refractivity contribution in [1.82, 2.24) is 15.0 Å². The summed E-state index contributed by atoms with van der Waals surface area (Å²) in [6.07, 6.45) is 2.85. The number of rotatable bonds is 6. The first-order chi connectivity index (χ1) is 13.3. The predicted molar refractivity (Wildman–Crippen MR) is 108 cm³/mol. The van der Waals surface area contributed by atoms with Crippen LogP contribution in [0.4, 0.5) is 5.82 Å². The number of pyridine rings is 1. The van der Waals surface area contributed by atoms with E-state index in [0.29, 0.717) is 0 Å². The lowest BCUT2D eigenvalue weighted by Crippen LogP contribution is -2.16. The molecule has 0 spiro atoms. The monoisotopic (exact) mass is 458 g/mol. The van der Waals surface area contributed by atoms with Crippen molar-refractivity contribution in [3.63, 3.8) is 0 Å². The van der Waals surface area contributed by atoms with Crippen molar-refractivity contribution in [1.29, 1.82) is 0 Å². The van der Waals surface area contributed by atoms with Gasteiger partial charge < -0.3 is 4.74 Å². The predicted octanol–water partition coefficient (Wildman–Crippen LogP) is 4.52. The topological polar surface area (TPSA) is 94.1 Å². The molecule has 2 aromatic heterocycles. The number of hydrogen-bond acceptors (Lipinski definition) is 6. The Kier molecular flexibility index (Phi) is 6.24. The van der Waals surface area contributed by atoms with Crippen LogP contribution in [-0.4, -0.2) is 23.4 Å². The van der Waals surface area contributed by atoms with Gasteiger partial charge in [-0.3, -0.25) is 9.71 Å². The summed E-state index contributed by atoms with van der Waals surface area (Å²) in [4.78, 5) is 12.0. The molecule has 0 saturated carbocycles. The molecule has 11 heteroatoms. The highest BCUT2D eigenvalue weighted by Gasteiger charge is 2.23. The van der Waals surface area contributed by atoms with Crippen LogP contribution in [0, 0.1) is 6.92 Å². The van der Waals surface area contributed by atoms with Crippen LogP contribution >= 0.6 is 34.8 Å². The maximum absolute atomic E-state index is 12.7. The molecule has 1 N–H and O–H groups in total. The molecule has 0 aliphatic rings. The minimum atomic E-state index is -4.10. The molecular weight excluding hydrogens is 447 g/mol. The van der Waals surface area contributed by atoms with Gasteiger partial charge in [-0.15, -0.1) is 0 Å². The number of hydrogen-bond donors (Lipinski definition) is 1. The van der Waals surface area contributed by atoms with Gasteiger partial charge in [0.25, 0.3) is 15.9 Å². The maximum atomic E-state index is 12.7. The molecule has 0 aliphatic heterocycles. The molecule has 0 bridgehead atoms. The summed E-state index contributed by atoms with van der Waals surface area (Å²) >= 11 is 17.8. The molecule has 0 fully saturated rings. The van der Waals surface area contributed by atoms with Gasteiger partial charge in [0, 0.05) is 17.5 Å². The van der Waals surface area contributed by atoms with E-state index in [-0.39, 0.29) is 38.4 Å². The summed E-state index contributed by atoms with van der Waals surface area (Å²) in [6.45, 7) is 1.93. The second kappa shape index (κ2) is 8.48. The molecule has 7 nitrogen and oxygen atoms in total. The Morgan fingerprint density at radius 2 is 1.89 bits per heavy atom. The van der Waals surface area contributed by atoms with Crippen LogP contribution in [0.15, 0.2) is 47.6 Å². The Morgan fingerprint density at radius 1 is 1.11 bits per heavy atom. The minimum absolute atomic E-state index is 0.0432. The SMILES string of the molecule is Cc1ncccc1COc1nc(Cl)cnc1NS(=O)(=O)c1cccc(Cl)c1Cl. The number of sulfonamides is 1. The van der Waals surface area contributed by atoms with Crippen LogP contribution < -0.4 is 9.46 Å². The molecule has 0 radical (unpaired) electrons. The van der Waals surface area contributed by atoms with Gasteiger partial charge in [-0.25, -0.2) is 13.4 Å². The fraction of sp³-hybridized carbons (Fsp3) is 0.118. The third-order valence-corrected chi connectivity index (χ3v) is 6.12. The Bertz CT molecular complexity index is 1130. The highest BCUT2D eigenvalue weighted by Crippen LogP contribution is 2.31. The van der Waals surface area contributed by atoms with Crippen molar-refractivity contribution in [3.05, 3.63) is 69.2 Å². The summed E-state index contributed by atoms with van der Waals surface area (Å²) in [7, 11) is -4.10. The fourth-order valence-corrected chi connectivity index (χ4v) is 4.11. The Morgan fingerprint density at radius 3 is 2.64 bits per heavy atom. The van der Waals surface area contributed by atoms with E-state index in [1.165, 1.54) is 24.4 Å². The zero-order valence-electron chi connectivity index (χ0n) is 14.4. The molecule has 0 aliphatic carbocycles. The first kappa shape index (κ1) is 20.6. The van der Waals surface area contributed by atoms with E-state index in [1.54, 1.807) is 12.3 Å². The molecule has 1 aromatic carbocycles. The summed E-state index contributed by atoms with van der Waals surface area (Å²) in [5.41, 5.74) is 1.57. The molecule has 3 rings (SSSR count). The molecule has 0 unspecified atom stereocenters. The van der Waals surface area contributed by atoms with E-state index in [0.717, 1.165) is 11.3 Å². The van der Waals surface area contributed by atoms with E-state index < -0.39 is 10.0 Å².